The van der Waals surface area contributed by atoms with E-state index in [1.54, 1.807) is 21.3 Å². The number of hydrogen-bond donors (Lipinski definition) is 0. The summed E-state index contributed by atoms with van der Waals surface area (Å²) in [6.45, 7) is 4.22. The van der Waals surface area contributed by atoms with E-state index in [0.29, 0.717) is 12.8 Å². The highest BCUT2D eigenvalue weighted by Crippen LogP contribution is 2.19. The van der Waals surface area contributed by atoms with Crippen LogP contribution in [0.25, 0.3) is 0 Å². The molecule has 180 valence electrons. The highest BCUT2D eigenvalue weighted by atomic mass is 28.4. The maximum Gasteiger partial charge on any atom is 0.543 e. The third kappa shape index (κ3) is 13.8. The molecule has 0 spiro atoms. The van der Waals surface area contributed by atoms with Crippen molar-refractivity contribution in [2.75, 3.05) is 21.3 Å². The summed E-state index contributed by atoms with van der Waals surface area (Å²) < 4.78 is 21.9. The third-order valence-corrected chi connectivity index (χ3v) is 8.90. The quantitative estimate of drug-likeness (QED) is 0.102. The van der Waals surface area contributed by atoms with E-state index in [4.69, 9.17) is 18.0 Å². The number of hydrogen-bond acceptors (Lipinski definition) is 5. The van der Waals surface area contributed by atoms with Crippen molar-refractivity contribution in [1.82, 2.24) is 0 Å². The van der Waals surface area contributed by atoms with E-state index < -0.39 is 14.5 Å². The fourth-order valence-corrected chi connectivity index (χ4v) is 5.97. The number of esters is 1. The van der Waals surface area contributed by atoms with Gasteiger partial charge in [-0.25, -0.2) is 0 Å². The summed E-state index contributed by atoms with van der Waals surface area (Å²) in [6.07, 6.45) is 20.8. The van der Waals surface area contributed by atoms with Gasteiger partial charge in [-0.15, -0.1) is 0 Å². The van der Waals surface area contributed by atoms with Crippen LogP contribution in [0, 0.1) is 0 Å². The summed E-state index contributed by atoms with van der Waals surface area (Å²) in [5.74, 6) is -0.181. The Balaban J connectivity index is 3.60. The van der Waals surface area contributed by atoms with Gasteiger partial charge in [-0.3, -0.25) is 4.79 Å². The predicted molar refractivity (Wildman–Crippen MR) is 126 cm³/mol. The van der Waals surface area contributed by atoms with Crippen LogP contribution in [-0.4, -0.2) is 41.8 Å². The highest BCUT2D eigenvalue weighted by Gasteiger charge is 2.49. The van der Waals surface area contributed by atoms with E-state index in [1.807, 2.05) is 6.92 Å². The minimum atomic E-state index is -2.94. The molecule has 0 aromatic carbocycles. The number of ether oxygens (including phenoxy) is 1. The minimum absolute atomic E-state index is 0.181. The maximum absolute atomic E-state index is 12.2. The summed E-state index contributed by atoms with van der Waals surface area (Å²) in [4.78, 5) is 12.2. The zero-order chi connectivity index (χ0) is 22.5. The van der Waals surface area contributed by atoms with Gasteiger partial charge in [0, 0.05) is 27.8 Å². The fourth-order valence-electron chi connectivity index (χ4n) is 3.91. The summed E-state index contributed by atoms with van der Waals surface area (Å²) in [7, 11) is 1.70. The molecule has 1 atom stereocenters. The van der Waals surface area contributed by atoms with Gasteiger partial charge >= 0.3 is 14.8 Å². The van der Waals surface area contributed by atoms with Crippen molar-refractivity contribution >= 4 is 14.8 Å². The molecule has 0 aromatic heterocycles. The molecular weight excluding hydrogens is 396 g/mol. The number of rotatable bonds is 22. The molecule has 0 amide bonds. The van der Waals surface area contributed by atoms with Gasteiger partial charge in [0.25, 0.3) is 0 Å². The molecule has 1 unspecified atom stereocenters. The van der Waals surface area contributed by atoms with Crippen molar-refractivity contribution in [3.05, 3.63) is 0 Å². The molecule has 6 heteroatoms. The normalized spacial score (nSPS) is 12.8. The Bertz CT molecular complexity index is 380. The van der Waals surface area contributed by atoms with Crippen molar-refractivity contribution in [2.24, 2.45) is 0 Å². The maximum atomic E-state index is 12.2. The molecule has 0 aliphatic carbocycles. The second-order valence-corrected chi connectivity index (χ2v) is 11.4. The van der Waals surface area contributed by atoms with Gasteiger partial charge in [-0.2, -0.15) is 0 Å². The van der Waals surface area contributed by atoms with E-state index in [2.05, 4.69) is 6.92 Å². The Morgan fingerprint density at radius 2 is 1.00 bits per heavy atom. The van der Waals surface area contributed by atoms with Crippen molar-refractivity contribution in [3.63, 3.8) is 0 Å². The van der Waals surface area contributed by atoms with E-state index >= 15 is 0 Å². The monoisotopic (exact) mass is 446 g/mol. The molecule has 0 saturated heterocycles. The van der Waals surface area contributed by atoms with Crippen molar-refractivity contribution in [2.45, 2.75) is 129 Å². The first-order chi connectivity index (χ1) is 14.6. The van der Waals surface area contributed by atoms with Crippen LogP contribution in [-0.2, 0) is 22.8 Å². The van der Waals surface area contributed by atoms with Gasteiger partial charge in [0.05, 0.1) is 0 Å². The predicted octanol–water partition coefficient (Wildman–Crippen LogP) is 6.99. The molecule has 0 fully saturated rings. The average Bonchev–Trinajstić information content (AvgIpc) is 2.77. The summed E-state index contributed by atoms with van der Waals surface area (Å²) >= 11 is 0. The highest BCUT2D eigenvalue weighted by molar-refractivity contribution is 6.62. The molecule has 0 saturated carbocycles. The Kier molecular flexibility index (Phi) is 20.2. The molecule has 0 heterocycles. The largest absolute Gasteiger partial charge is 0.543 e. The molecule has 0 radical (unpaired) electrons. The lowest BCUT2D eigenvalue weighted by Crippen LogP contribution is -2.55. The number of carbonyl (C=O) groups excluding carboxylic acids is 1. The standard InChI is InChI=1S/C24H50O5Si/c1-6-8-9-10-11-12-13-14-15-16-17-18-19-20-21-22-23(25)29-24(7-2)30(26-3,27-4)28-5/h24H,6-22H2,1-5H3. The lowest BCUT2D eigenvalue weighted by molar-refractivity contribution is -0.148. The number of unbranched alkanes of at least 4 members (excludes halogenated alkanes) is 14. The molecule has 0 N–H and O–H groups in total. The van der Waals surface area contributed by atoms with Gasteiger partial charge in [-0.1, -0.05) is 104 Å². The van der Waals surface area contributed by atoms with E-state index in [9.17, 15) is 4.79 Å². The topological polar surface area (TPSA) is 54.0 Å². The van der Waals surface area contributed by atoms with Gasteiger partial charge in [-0.05, 0) is 12.8 Å². The Morgan fingerprint density at radius 3 is 1.33 bits per heavy atom. The van der Waals surface area contributed by atoms with E-state index in [1.165, 1.54) is 83.5 Å². The molecule has 5 nitrogen and oxygen atoms in total. The van der Waals surface area contributed by atoms with Gasteiger partial charge in [0.15, 0.2) is 5.73 Å². The lowest BCUT2D eigenvalue weighted by atomic mass is 10.0. The first-order valence-electron chi connectivity index (χ1n) is 12.4. The lowest BCUT2D eigenvalue weighted by Gasteiger charge is -2.31. The molecule has 0 aliphatic rings. The smallest absolute Gasteiger partial charge is 0.458 e. The van der Waals surface area contributed by atoms with Crippen LogP contribution in [0.2, 0.25) is 0 Å². The number of carbonyl (C=O) groups is 1. The van der Waals surface area contributed by atoms with Gasteiger partial charge < -0.3 is 18.0 Å². The van der Waals surface area contributed by atoms with Gasteiger partial charge in [0.2, 0.25) is 0 Å². The molecular formula is C24H50O5Si. The molecule has 0 aromatic rings. The molecule has 30 heavy (non-hydrogen) atoms. The SMILES string of the molecule is CCCCCCCCCCCCCCCCCC(=O)OC(CC)[Si](OC)(OC)OC. The minimum Gasteiger partial charge on any atom is -0.458 e. The second-order valence-electron chi connectivity index (χ2n) is 8.30. The van der Waals surface area contributed by atoms with E-state index in [-0.39, 0.29) is 5.97 Å². The average molecular weight is 447 g/mol. The van der Waals surface area contributed by atoms with Crippen LogP contribution in [0.15, 0.2) is 0 Å². The molecule has 0 rings (SSSR count). The van der Waals surface area contributed by atoms with Crippen molar-refractivity contribution in [3.8, 4) is 0 Å². The van der Waals surface area contributed by atoms with Crippen LogP contribution in [0.4, 0.5) is 0 Å². The third-order valence-electron chi connectivity index (χ3n) is 5.88. The van der Waals surface area contributed by atoms with Gasteiger partial charge in [0.1, 0.15) is 0 Å². The van der Waals surface area contributed by atoms with Crippen molar-refractivity contribution < 1.29 is 22.8 Å². The zero-order valence-electron chi connectivity index (χ0n) is 20.6. The summed E-state index contributed by atoms with van der Waals surface area (Å²) in [5.41, 5.74) is -0.443. The fraction of sp³-hybridized carbons (Fsp3) is 0.958. The Morgan fingerprint density at radius 1 is 0.633 bits per heavy atom. The zero-order valence-corrected chi connectivity index (χ0v) is 21.6. The van der Waals surface area contributed by atoms with Crippen LogP contribution in [0.3, 0.4) is 0 Å². The first-order valence-corrected chi connectivity index (χ1v) is 14.2. The second kappa shape index (κ2) is 20.5. The van der Waals surface area contributed by atoms with Crippen LogP contribution >= 0.6 is 0 Å². The Hall–Kier alpha value is -0.433. The van der Waals surface area contributed by atoms with Crippen LogP contribution < -0.4 is 0 Å². The molecule has 0 aliphatic heterocycles. The first kappa shape index (κ1) is 29.6. The summed E-state index contributed by atoms with van der Waals surface area (Å²) in [6, 6.07) is 0. The summed E-state index contributed by atoms with van der Waals surface area (Å²) in [5, 5.41) is 0. The van der Waals surface area contributed by atoms with Crippen LogP contribution in [0.1, 0.15) is 123 Å². The van der Waals surface area contributed by atoms with E-state index in [0.717, 1.165) is 12.8 Å². The van der Waals surface area contributed by atoms with Crippen molar-refractivity contribution in [1.29, 1.82) is 0 Å². The molecule has 0 bridgehead atoms. The van der Waals surface area contributed by atoms with Crippen LogP contribution in [0.5, 0.6) is 0 Å². The Labute approximate surface area is 187 Å².